The van der Waals surface area contributed by atoms with Gasteiger partial charge >= 0.3 is 0 Å². The highest BCUT2D eigenvalue weighted by Gasteiger charge is 2.27. The Hall–Kier alpha value is -4.83. The van der Waals surface area contributed by atoms with E-state index in [4.69, 9.17) is 0 Å². The third kappa shape index (κ3) is 4.45. The maximum atomic E-state index is 13.8. The molecular weight excluding hydrogens is 476 g/mol. The quantitative estimate of drug-likeness (QED) is 0.327. The fraction of sp³-hybridized carbons (Fsp3) is 0.148. The highest BCUT2D eigenvalue weighted by Crippen LogP contribution is 2.29. The molecule has 0 bridgehead atoms. The smallest absolute Gasteiger partial charge is 0.269 e. The van der Waals surface area contributed by atoms with E-state index in [2.05, 4.69) is 5.32 Å². The Morgan fingerprint density at radius 2 is 1.54 bits per heavy atom. The van der Waals surface area contributed by atoms with E-state index in [0.717, 1.165) is 10.1 Å². The fourth-order valence-electron chi connectivity index (χ4n) is 4.56. The first-order valence-electron chi connectivity index (χ1n) is 11.6. The summed E-state index contributed by atoms with van der Waals surface area (Å²) < 4.78 is 0.942. The average molecular weight is 498 g/mol. The van der Waals surface area contributed by atoms with Crippen LogP contribution in [0.3, 0.4) is 0 Å². The number of non-ortho nitro benzene ring substituents is 1. The van der Waals surface area contributed by atoms with Crippen LogP contribution in [0.5, 0.6) is 5.75 Å². The van der Waals surface area contributed by atoms with Gasteiger partial charge in [0.15, 0.2) is 0 Å². The second-order valence-electron chi connectivity index (χ2n) is 8.72. The van der Waals surface area contributed by atoms with Crippen molar-refractivity contribution in [3.8, 4) is 5.75 Å². The number of nitro benzene ring substituents is 1. The van der Waals surface area contributed by atoms with Crippen LogP contribution in [0.25, 0.3) is 10.8 Å². The Morgan fingerprint density at radius 3 is 2.24 bits per heavy atom. The van der Waals surface area contributed by atoms with Gasteiger partial charge in [-0.25, -0.2) is 4.57 Å². The molecule has 3 aromatic carbocycles. The maximum Gasteiger partial charge on any atom is 0.269 e. The van der Waals surface area contributed by atoms with Crippen molar-refractivity contribution in [1.29, 1.82) is 0 Å². The highest BCUT2D eigenvalue weighted by molar-refractivity contribution is 6.09. The van der Waals surface area contributed by atoms with E-state index in [9.17, 15) is 29.6 Å². The molecule has 5 rings (SSSR count). The van der Waals surface area contributed by atoms with Crippen molar-refractivity contribution in [3.05, 3.63) is 116 Å². The van der Waals surface area contributed by atoms with Gasteiger partial charge in [-0.15, -0.1) is 0 Å². The number of fused-ring (bicyclic) bond motifs is 3. The molecule has 1 amide bonds. The van der Waals surface area contributed by atoms with Crippen LogP contribution in [0, 0.1) is 10.1 Å². The van der Waals surface area contributed by atoms with Crippen molar-refractivity contribution in [2.24, 2.45) is 0 Å². The topological polar surface area (TPSA) is 135 Å². The summed E-state index contributed by atoms with van der Waals surface area (Å²) in [5, 5.41) is 25.6. The van der Waals surface area contributed by atoms with Gasteiger partial charge in [0.2, 0.25) is 0 Å². The molecule has 37 heavy (non-hydrogen) atoms. The summed E-state index contributed by atoms with van der Waals surface area (Å²) in [4.78, 5) is 52.7. The maximum absolute atomic E-state index is 13.8. The Morgan fingerprint density at radius 1 is 0.892 bits per heavy atom. The molecule has 4 aromatic rings. The van der Waals surface area contributed by atoms with Gasteiger partial charge in [0, 0.05) is 43.7 Å². The lowest BCUT2D eigenvalue weighted by atomic mass is 10.0. The highest BCUT2D eigenvalue weighted by atomic mass is 16.6. The molecule has 1 aromatic heterocycles. The van der Waals surface area contributed by atoms with E-state index in [1.54, 1.807) is 42.5 Å². The number of nitro groups is 1. The van der Waals surface area contributed by atoms with Gasteiger partial charge in [-0.2, -0.15) is 0 Å². The number of nitrogens with one attached hydrogen (secondary N) is 1. The molecule has 10 nitrogen and oxygen atoms in total. The predicted molar refractivity (Wildman–Crippen MR) is 136 cm³/mol. The summed E-state index contributed by atoms with van der Waals surface area (Å²) in [6, 6.07) is 18.8. The average Bonchev–Trinajstić information content (AvgIpc) is 2.93. The standard InChI is InChI=1S/C27H22N4O6/c32-24-19-5-1-3-7-21(19)26(34)30-23(24)16-29(15-17-9-11-18(12-10-17)31(36)37)14-13-28-25(33)20-6-2-4-8-22(20)27(30)35/h1-12,32H,13-16H2,(H,28,33). The van der Waals surface area contributed by atoms with Crippen molar-refractivity contribution < 1.29 is 19.6 Å². The van der Waals surface area contributed by atoms with Crippen LogP contribution in [-0.2, 0) is 13.1 Å². The van der Waals surface area contributed by atoms with Gasteiger partial charge in [0.1, 0.15) is 5.75 Å². The lowest BCUT2D eigenvalue weighted by molar-refractivity contribution is -0.384. The molecule has 0 spiro atoms. The normalized spacial score (nSPS) is 14.4. The van der Waals surface area contributed by atoms with Crippen LogP contribution in [0.15, 0.2) is 77.6 Å². The number of amides is 1. The Bertz CT molecular complexity index is 1610. The molecular formula is C27H22N4O6. The first kappa shape index (κ1) is 23.9. The Balaban J connectivity index is 1.67. The zero-order valence-corrected chi connectivity index (χ0v) is 19.6. The fourth-order valence-corrected chi connectivity index (χ4v) is 4.56. The molecule has 1 aliphatic heterocycles. The summed E-state index contributed by atoms with van der Waals surface area (Å²) in [7, 11) is 0. The van der Waals surface area contributed by atoms with E-state index in [1.165, 1.54) is 30.3 Å². The van der Waals surface area contributed by atoms with Crippen molar-refractivity contribution >= 4 is 28.3 Å². The number of rotatable bonds is 3. The van der Waals surface area contributed by atoms with E-state index < -0.39 is 22.3 Å². The van der Waals surface area contributed by atoms with E-state index in [0.29, 0.717) is 11.9 Å². The van der Waals surface area contributed by atoms with Crippen LogP contribution >= 0.6 is 0 Å². The number of aromatic hydroxyl groups is 1. The second kappa shape index (κ2) is 9.67. The number of hydrogen-bond acceptors (Lipinski definition) is 7. The predicted octanol–water partition coefficient (Wildman–Crippen LogP) is 3.05. The summed E-state index contributed by atoms with van der Waals surface area (Å²) in [6.45, 7) is 0.842. The van der Waals surface area contributed by atoms with Gasteiger partial charge in [0.05, 0.1) is 27.1 Å². The van der Waals surface area contributed by atoms with E-state index in [-0.39, 0.29) is 53.3 Å². The minimum absolute atomic E-state index is 0.00662. The van der Waals surface area contributed by atoms with Gasteiger partial charge in [-0.3, -0.25) is 29.4 Å². The molecule has 0 aliphatic carbocycles. The lowest BCUT2D eigenvalue weighted by Gasteiger charge is -2.24. The first-order valence-corrected chi connectivity index (χ1v) is 11.6. The summed E-state index contributed by atoms with van der Waals surface area (Å²) in [5.41, 5.74) is 0.370. The molecule has 2 heterocycles. The monoisotopic (exact) mass is 498 g/mol. The second-order valence-corrected chi connectivity index (χ2v) is 8.72. The van der Waals surface area contributed by atoms with Crippen LogP contribution in [0.2, 0.25) is 0 Å². The molecule has 0 radical (unpaired) electrons. The van der Waals surface area contributed by atoms with Gasteiger partial charge in [-0.1, -0.05) is 42.5 Å². The zero-order valence-electron chi connectivity index (χ0n) is 19.6. The van der Waals surface area contributed by atoms with Crippen LogP contribution < -0.4 is 10.9 Å². The SMILES string of the molecule is O=C1NCCN(Cc2ccc([N+](=O)[O-])cc2)Cc2c(O)c3ccccc3c(=O)n2C(=O)c2ccccc21. The minimum atomic E-state index is -0.719. The van der Waals surface area contributed by atoms with Crippen molar-refractivity contribution in [2.45, 2.75) is 13.1 Å². The molecule has 1 aliphatic rings. The molecule has 2 N–H and O–H groups in total. The number of carbonyl (C=O) groups excluding carboxylic acids is 2. The Kier molecular flexibility index (Phi) is 6.24. The van der Waals surface area contributed by atoms with Crippen molar-refractivity contribution in [3.63, 3.8) is 0 Å². The van der Waals surface area contributed by atoms with Gasteiger partial charge in [0.25, 0.3) is 23.1 Å². The molecule has 0 atom stereocenters. The number of carbonyl (C=O) groups is 2. The largest absolute Gasteiger partial charge is 0.505 e. The lowest BCUT2D eigenvalue weighted by Crippen LogP contribution is -2.35. The Labute approximate surface area is 210 Å². The van der Waals surface area contributed by atoms with Crippen LogP contribution in [0.1, 0.15) is 32.0 Å². The third-order valence-corrected chi connectivity index (χ3v) is 6.40. The van der Waals surface area contributed by atoms with Crippen LogP contribution in [0.4, 0.5) is 5.69 Å². The van der Waals surface area contributed by atoms with Crippen molar-refractivity contribution in [1.82, 2.24) is 14.8 Å². The molecule has 0 saturated heterocycles. The summed E-state index contributed by atoms with van der Waals surface area (Å²) >= 11 is 0. The molecule has 0 saturated carbocycles. The first-order chi connectivity index (χ1) is 17.8. The summed E-state index contributed by atoms with van der Waals surface area (Å²) in [5.74, 6) is -1.38. The number of pyridine rings is 1. The van der Waals surface area contributed by atoms with Gasteiger partial charge < -0.3 is 10.4 Å². The number of aromatic nitrogens is 1. The minimum Gasteiger partial charge on any atom is -0.505 e. The number of nitrogens with zero attached hydrogens (tertiary/aromatic N) is 3. The van der Waals surface area contributed by atoms with Crippen LogP contribution in [-0.4, -0.2) is 44.4 Å². The van der Waals surface area contributed by atoms with Gasteiger partial charge in [-0.05, 0) is 23.8 Å². The number of hydrogen-bond donors (Lipinski definition) is 2. The van der Waals surface area contributed by atoms with Crippen molar-refractivity contribution in [2.75, 3.05) is 13.1 Å². The third-order valence-electron chi connectivity index (χ3n) is 6.40. The molecule has 186 valence electrons. The molecule has 0 unspecified atom stereocenters. The summed E-state index contributed by atoms with van der Waals surface area (Å²) in [6.07, 6.45) is 0. The molecule has 10 heteroatoms. The zero-order chi connectivity index (χ0) is 26.1. The molecule has 0 fully saturated rings. The number of benzene rings is 3. The van der Waals surface area contributed by atoms with E-state index >= 15 is 0 Å². The van der Waals surface area contributed by atoms with E-state index in [1.807, 2.05) is 4.90 Å².